The SMILES string of the molecule is COC(=N)c1ccc[n+](C2OC(CO)C(O)C2O)c1. The Kier molecular flexibility index (Phi) is 4.11. The van der Waals surface area contributed by atoms with Crippen molar-refractivity contribution < 1.29 is 29.4 Å². The smallest absolute Gasteiger partial charge is 0.292 e. The van der Waals surface area contributed by atoms with Crippen LogP contribution < -0.4 is 4.57 Å². The van der Waals surface area contributed by atoms with Crippen molar-refractivity contribution in [1.29, 1.82) is 5.41 Å². The zero-order chi connectivity index (χ0) is 14.0. The van der Waals surface area contributed by atoms with E-state index in [4.69, 9.17) is 20.0 Å². The lowest BCUT2D eigenvalue weighted by atomic mass is 10.1. The van der Waals surface area contributed by atoms with Crippen LogP contribution in [0.1, 0.15) is 11.8 Å². The summed E-state index contributed by atoms with van der Waals surface area (Å²) in [5, 5.41) is 36.2. The van der Waals surface area contributed by atoms with Gasteiger partial charge in [0.15, 0.2) is 18.5 Å². The fourth-order valence-electron chi connectivity index (χ4n) is 2.03. The van der Waals surface area contributed by atoms with E-state index in [2.05, 4.69) is 0 Å². The maximum atomic E-state index is 9.91. The number of aromatic nitrogens is 1. The zero-order valence-corrected chi connectivity index (χ0v) is 10.4. The van der Waals surface area contributed by atoms with Crippen LogP contribution in [-0.2, 0) is 9.47 Å². The Balaban J connectivity index is 2.25. The first-order valence-corrected chi connectivity index (χ1v) is 5.84. The molecule has 0 spiro atoms. The molecule has 7 nitrogen and oxygen atoms in total. The van der Waals surface area contributed by atoms with Crippen LogP contribution in [0.25, 0.3) is 0 Å². The summed E-state index contributed by atoms with van der Waals surface area (Å²) in [6, 6.07) is 3.36. The Morgan fingerprint density at radius 3 is 2.79 bits per heavy atom. The Morgan fingerprint density at radius 1 is 1.47 bits per heavy atom. The summed E-state index contributed by atoms with van der Waals surface area (Å²) in [5.74, 6) is -0.0129. The number of aliphatic hydroxyl groups excluding tert-OH is 3. The van der Waals surface area contributed by atoms with E-state index in [9.17, 15) is 10.2 Å². The highest BCUT2D eigenvalue weighted by Gasteiger charge is 2.47. The van der Waals surface area contributed by atoms with Gasteiger partial charge in [-0.15, -0.1) is 0 Å². The van der Waals surface area contributed by atoms with E-state index in [0.29, 0.717) is 5.56 Å². The topological polar surface area (TPSA) is 107 Å². The first-order chi connectivity index (χ1) is 9.08. The number of hydrogen-bond acceptors (Lipinski definition) is 6. The molecule has 0 bridgehead atoms. The lowest BCUT2D eigenvalue weighted by Gasteiger charge is -2.10. The molecule has 2 rings (SSSR count). The van der Waals surface area contributed by atoms with Crippen molar-refractivity contribution in [1.82, 2.24) is 0 Å². The molecule has 0 saturated carbocycles. The Labute approximate surface area is 110 Å². The molecule has 2 heterocycles. The van der Waals surface area contributed by atoms with Crippen molar-refractivity contribution in [3.05, 3.63) is 30.1 Å². The summed E-state index contributed by atoms with van der Waals surface area (Å²) >= 11 is 0. The summed E-state index contributed by atoms with van der Waals surface area (Å²) in [6.07, 6.45) is -0.698. The molecule has 1 aromatic rings. The fraction of sp³-hybridized carbons (Fsp3) is 0.500. The average molecular weight is 269 g/mol. The standard InChI is InChI=1S/C12H17N2O5/c1-18-11(13)7-3-2-4-14(5-7)12-10(17)9(16)8(6-15)19-12/h2-5,8-10,12-13,15-17H,6H2,1H3/q+1. The molecular formula is C12H17N2O5+. The van der Waals surface area contributed by atoms with Crippen LogP contribution in [0.3, 0.4) is 0 Å². The van der Waals surface area contributed by atoms with Crippen molar-refractivity contribution in [3.63, 3.8) is 0 Å². The van der Waals surface area contributed by atoms with E-state index < -0.39 is 24.5 Å². The molecule has 1 aliphatic rings. The van der Waals surface area contributed by atoms with Gasteiger partial charge in [0.05, 0.1) is 19.3 Å². The molecule has 4 unspecified atom stereocenters. The van der Waals surface area contributed by atoms with E-state index in [-0.39, 0.29) is 12.5 Å². The molecule has 4 atom stereocenters. The van der Waals surface area contributed by atoms with Crippen LogP contribution in [0.15, 0.2) is 24.5 Å². The largest absolute Gasteiger partial charge is 0.481 e. The van der Waals surface area contributed by atoms with Gasteiger partial charge in [-0.1, -0.05) is 0 Å². The van der Waals surface area contributed by atoms with Gasteiger partial charge in [0.1, 0.15) is 12.2 Å². The number of aliphatic hydroxyl groups is 3. The van der Waals surface area contributed by atoms with Gasteiger partial charge in [0.25, 0.3) is 6.23 Å². The molecule has 0 radical (unpaired) electrons. The minimum Gasteiger partial charge on any atom is -0.481 e. The third kappa shape index (κ3) is 2.59. The van der Waals surface area contributed by atoms with E-state index >= 15 is 0 Å². The van der Waals surface area contributed by atoms with E-state index in [1.807, 2.05) is 0 Å². The predicted octanol–water partition coefficient (Wildman–Crippen LogP) is -1.44. The normalized spacial score (nSPS) is 30.3. The number of nitrogens with zero attached hydrogens (tertiary/aromatic N) is 1. The van der Waals surface area contributed by atoms with Crippen LogP contribution in [-0.4, -0.2) is 53.2 Å². The maximum Gasteiger partial charge on any atom is 0.292 e. The second kappa shape index (κ2) is 5.62. The molecule has 7 heteroatoms. The summed E-state index contributed by atoms with van der Waals surface area (Å²) in [7, 11) is 1.39. The van der Waals surface area contributed by atoms with Crippen LogP contribution >= 0.6 is 0 Å². The third-order valence-electron chi connectivity index (χ3n) is 3.10. The van der Waals surface area contributed by atoms with Crippen molar-refractivity contribution in [3.8, 4) is 0 Å². The first-order valence-electron chi connectivity index (χ1n) is 5.84. The van der Waals surface area contributed by atoms with Gasteiger partial charge < -0.3 is 24.8 Å². The molecule has 1 aliphatic heterocycles. The molecule has 0 amide bonds. The van der Waals surface area contributed by atoms with Crippen LogP contribution in [0.4, 0.5) is 0 Å². The van der Waals surface area contributed by atoms with Gasteiger partial charge in [-0.3, -0.25) is 5.41 Å². The Bertz CT molecular complexity index is 467. The molecule has 1 aromatic heterocycles. The quantitative estimate of drug-likeness (QED) is 0.305. The van der Waals surface area contributed by atoms with Gasteiger partial charge >= 0.3 is 0 Å². The number of methoxy groups -OCH3 is 1. The van der Waals surface area contributed by atoms with Crippen LogP contribution in [0.2, 0.25) is 0 Å². The number of nitrogens with one attached hydrogen (secondary N) is 1. The molecule has 0 aromatic carbocycles. The summed E-state index contributed by atoms with van der Waals surface area (Å²) in [5.41, 5.74) is 0.516. The van der Waals surface area contributed by atoms with Gasteiger partial charge in [-0.25, -0.2) is 0 Å². The average Bonchev–Trinajstić information content (AvgIpc) is 2.74. The second-order valence-corrected chi connectivity index (χ2v) is 4.30. The van der Waals surface area contributed by atoms with Crippen molar-refractivity contribution in [2.45, 2.75) is 24.5 Å². The predicted molar refractivity (Wildman–Crippen MR) is 63.5 cm³/mol. The number of rotatable bonds is 3. The zero-order valence-electron chi connectivity index (χ0n) is 10.4. The summed E-state index contributed by atoms with van der Waals surface area (Å²) in [4.78, 5) is 0. The van der Waals surface area contributed by atoms with Crippen molar-refractivity contribution >= 4 is 5.90 Å². The molecular weight excluding hydrogens is 252 g/mol. The molecule has 19 heavy (non-hydrogen) atoms. The highest BCUT2D eigenvalue weighted by Crippen LogP contribution is 2.25. The molecule has 1 saturated heterocycles. The third-order valence-corrected chi connectivity index (χ3v) is 3.10. The molecule has 4 N–H and O–H groups in total. The second-order valence-electron chi connectivity index (χ2n) is 4.30. The van der Waals surface area contributed by atoms with Crippen LogP contribution in [0, 0.1) is 5.41 Å². The number of hydrogen-bond donors (Lipinski definition) is 4. The van der Waals surface area contributed by atoms with E-state index in [1.54, 1.807) is 24.5 Å². The number of ether oxygens (including phenoxy) is 2. The lowest BCUT2D eigenvalue weighted by Crippen LogP contribution is -2.46. The Hall–Kier alpha value is -1.54. The maximum absolute atomic E-state index is 9.91. The fourth-order valence-corrected chi connectivity index (χ4v) is 2.03. The molecule has 1 fully saturated rings. The minimum absolute atomic E-state index is 0.0129. The highest BCUT2D eigenvalue weighted by molar-refractivity contribution is 5.90. The monoisotopic (exact) mass is 269 g/mol. The van der Waals surface area contributed by atoms with Gasteiger partial charge in [0, 0.05) is 6.07 Å². The molecule has 0 aliphatic carbocycles. The van der Waals surface area contributed by atoms with Gasteiger partial charge in [0.2, 0.25) is 5.90 Å². The summed E-state index contributed by atoms with van der Waals surface area (Å²) < 4.78 is 11.7. The minimum atomic E-state index is -1.15. The van der Waals surface area contributed by atoms with E-state index in [1.165, 1.54) is 11.7 Å². The van der Waals surface area contributed by atoms with Crippen LogP contribution in [0.5, 0.6) is 0 Å². The summed E-state index contributed by atoms with van der Waals surface area (Å²) in [6.45, 7) is -0.372. The highest BCUT2D eigenvalue weighted by atomic mass is 16.6. The Morgan fingerprint density at radius 2 is 2.21 bits per heavy atom. The van der Waals surface area contributed by atoms with Gasteiger partial charge in [-0.05, 0) is 6.07 Å². The van der Waals surface area contributed by atoms with Crippen molar-refractivity contribution in [2.24, 2.45) is 0 Å². The molecule has 104 valence electrons. The lowest BCUT2D eigenvalue weighted by molar-refractivity contribution is -0.765. The van der Waals surface area contributed by atoms with Gasteiger partial charge in [-0.2, -0.15) is 4.57 Å². The first kappa shape index (κ1) is 13.9. The van der Waals surface area contributed by atoms with E-state index in [0.717, 1.165) is 0 Å². The van der Waals surface area contributed by atoms with Crippen molar-refractivity contribution in [2.75, 3.05) is 13.7 Å². The number of pyridine rings is 1.